The molecule has 1 aliphatic carbocycles. The molecule has 5 aromatic carbocycles. The maximum Gasteiger partial charge on any atom is 0.337 e. The van der Waals surface area contributed by atoms with E-state index in [1.807, 2.05) is 54.6 Å². The van der Waals surface area contributed by atoms with Gasteiger partial charge in [-0.15, -0.1) is 0 Å². The first-order valence-electron chi connectivity index (χ1n) is 15.3. The predicted molar refractivity (Wildman–Crippen MR) is 175 cm³/mol. The number of hydrogen-bond acceptors (Lipinski definition) is 3. The average molecular weight is 580 g/mol. The quantitative estimate of drug-likeness (QED) is 0.165. The van der Waals surface area contributed by atoms with E-state index in [0.29, 0.717) is 24.4 Å². The van der Waals surface area contributed by atoms with Crippen LogP contribution >= 0.6 is 0 Å². The van der Waals surface area contributed by atoms with Crippen molar-refractivity contribution in [1.82, 2.24) is 4.90 Å². The van der Waals surface area contributed by atoms with Crippen LogP contribution in [0.3, 0.4) is 0 Å². The fraction of sp³-hybridized carbons (Fsp3) is 0.200. The number of carbonyl (C=O) groups excluding carboxylic acids is 2. The molecule has 0 bridgehead atoms. The van der Waals surface area contributed by atoms with Gasteiger partial charge >= 0.3 is 5.97 Å². The predicted octanol–water partition coefficient (Wildman–Crippen LogP) is 8.26. The first-order valence-corrected chi connectivity index (χ1v) is 15.3. The standard InChI is InChI=1S/C40H37NO3/c1-44-40(43)35-23-20-33(21-24-35)32-18-16-30(17-19-32)27-38(42)41(28-31-12-6-3-7-13-31)39-36(26-29-10-4-2-5-11-29)25-22-34-14-8-9-15-37(34)39/h2-21,23-24,36,39H,22,25-28H2,1H3/t36-,39-/m0/s1. The van der Waals surface area contributed by atoms with Crippen molar-refractivity contribution in [3.8, 4) is 11.1 Å². The Morgan fingerprint density at radius 1 is 0.682 bits per heavy atom. The van der Waals surface area contributed by atoms with Crippen molar-refractivity contribution < 1.29 is 14.3 Å². The Balaban J connectivity index is 1.29. The van der Waals surface area contributed by atoms with Crippen molar-refractivity contribution in [2.45, 2.75) is 38.3 Å². The van der Waals surface area contributed by atoms with Gasteiger partial charge in [-0.1, -0.05) is 121 Å². The Hall–Kier alpha value is -4.96. The molecule has 5 aromatic rings. The van der Waals surface area contributed by atoms with Crippen LogP contribution in [0.2, 0.25) is 0 Å². The minimum atomic E-state index is -0.350. The summed E-state index contributed by atoms with van der Waals surface area (Å²) in [5.74, 6) is 0.0937. The number of hydrogen-bond donors (Lipinski definition) is 0. The first-order chi connectivity index (χ1) is 21.6. The molecule has 0 radical (unpaired) electrons. The lowest BCUT2D eigenvalue weighted by atomic mass is 9.76. The second kappa shape index (κ2) is 13.6. The minimum absolute atomic E-state index is 0.0135. The molecule has 0 unspecified atom stereocenters. The Morgan fingerprint density at radius 2 is 1.27 bits per heavy atom. The third kappa shape index (κ3) is 6.65. The van der Waals surface area contributed by atoms with Crippen molar-refractivity contribution in [3.63, 3.8) is 0 Å². The maximum absolute atomic E-state index is 14.4. The minimum Gasteiger partial charge on any atom is -0.465 e. The lowest BCUT2D eigenvalue weighted by molar-refractivity contribution is -0.135. The maximum atomic E-state index is 14.4. The van der Waals surface area contributed by atoms with E-state index in [1.54, 1.807) is 12.1 Å². The molecule has 0 aromatic heterocycles. The normalized spacial score (nSPS) is 15.7. The number of amides is 1. The molecule has 0 saturated carbocycles. The Kier molecular flexibility index (Phi) is 8.98. The van der Waals surface area contributed by atoms with Crippen LogP contribution in [0.4, 0.5) is 0 Å². The molecule has 0 aliphatic heterocycles. The van der Waals surface area contributed by atoms with Gasteiger partial charge in [-0.2, -0.15) is 0 Å². The second-order valence-corrected chi connectivity index (χ2v) is 11.6. The van der Waals surface area contributed by atoms with E-state index < -0.39 is 0 Å². The number of benzene rings is 5. The van der Waals surface area contributed by atoms with E-state index >= 15 is 0 Å². The number of aryl methyl sites for hydroxylation is 1. The van der Waals surface area contributed by atoms with Gasteiger partial charge in [-0.25, -0.2) is 4.79 Å². The highest BCUT2D eigenvalue weighted by atomic mass is 16.5. The molecule has 1 amide bonds. The Labute approximate surface area is 259 Å². The fourth-order valence-corrected chi connectivity index (χ4v) is 6.49. The molecule has 0 spiro atoms. The first kappa shape index (κ1) is 29.1. The molecular weight excluding hydrogens is 542 g/mol. The summed E-state index contributed by atoms with van der Waals surface area (Å²) in [7, 11) is 1.38. The lowest BCUT2D eigenvalue weighted by Gasteiger charge is -2.42. The van der Waals surface area contributed by atoms with Crippen LogP contribution in [0.1, 0.15) is 50.6 Å². The topological polar surface area (TPSA) is 46.6 Å². The van der Waals surface area contributed by atoms with Crippen molar-refractivity contribution >= 4 is 11.9 Å². The highest BCUT2D eigenvalue weighted by Crippen LogP contribution is 2.41. The third-order valence-corrected chi connectivity index (χ3v) is 8.75. The van der Waals surface area contributed by atoms with E-state index in [-0.39, 0.29) is 17.9 Å². The number of esters is 1. The molecule has 0 saturated heterocycles. The summed E-state index contributed by atoms with van der Waals surface area (Å²) >= 11 is 0. The molecule has 220 valence electrons. The van der Waals surface area contributed by atoms with Crippen molar-refractivity contribution in [1.29, 1.82) is 0 Å². The van der Waals surface area contributed by atoms with Gasteiger partial charge in [0.25, 0.3) is 0 Å². The van der Waals surface area contributed by atoms with Gasteiger partial charge in [0, 0.05) is 6.54 Å². The zero-order chi connectivity index (χ0) is 30.3. The summed E-state index contributed by atoms with van der Waals surface area (Å²) in [5.41, 5.74) is 8.59. The van der Waals surface area contributed by atoms with Crippen LogP contribution in [-0.4, -0.2) is 23.9 Å². The van der Waals surface area contributed by atoms with E-state index in [1.165, 1.54) is 23.8 Å². The number of nitrogens with zero attached hydrogens (tertiary/aromatic N) is 1. The van der Waals surface area contributed by atoms with Crippen LogP contribution < -0.4 is 0 Å². The fourth-order valence-electron chi connectivity index (χ4n) is 6.49. The molecule has 0 fully saturated rings. The van der Waals surface area contributed by atoms with Gasteiger partial charge in [-0.3, -0.25) is 4.79 Å². The summed E-state index contributed by atoms with van der Waals surface area (Å²) in [6.07, 6.45) is 3.32. The molecule has 4 nitrogen and oxygen atoms in total. The third-order valence-electron chi connectivity index (χ3n) is 8.75. The van der Waals surface area contributed by atoms with Crippen LogP contribution in [0, 0.1) is 5.92 Å². The Morgan fingerprint density at radius 3 is 1.93 bits per heavy atom. The number of carbonyl (C=O) groups is 2. The lowest BCUT2D eigenvalue weighted by Crippen LogP contribution is -2.41. The van der Waals surface area contributed by atoms with Crippen LogP contribution in [0.5, 0.6) is 0 Å². The number of methoxy groups -OCH3 is 1. The molecule has 1 aliphatic rings. The van der Waals surface area contributed by atoms with Gasteiger partial charge in [0.05, 0.1) is 25.1 Å². The van der Waals surface area contributed by atoms with Gasteiger partial charge < -0.3 is 9.64 Å². The van der Waals surface area contributed by atoms with E-state index in [4.69, 9.17) is 4.74 Å². The molecule has 0 N–H and O–H groups in total. The molecule has 2 atom stereocenters. The van der Waals surface area contributed by atoms with Crippen LogP contribution in [0.15, 0.2) is 133 Å². The number of ether oxygens (including phenoxy) is 1. The molecule has 6 rings (SSSR count). The smallest absolute Gasteiger partial charge is 0.337 e. The van der Waals surface area contributed by atoms with E-state index in [0.717, 1.165) is 41.5 Å². The van der Waals surface area contributed by atoms with Crippen LogP contribution in [-0.2, 0) is 35.3 Å². The van der Waals surface area contributed by atoms with Crippen molar-refractivity contribution in [3.05, 3.63) is 167 Å². The molecule has 0 heterocycles. The van der Waals surface area contributed by atoms with Crippen LogP contribution in [0.25, 0.3) is 11.1 Å². The summed E-state index contributed by atoms with van der Waals surface area (Å²) in [6, 6.07) is 45.2. The highest BCUT2D eigenvalue weighted by Gasteiger charge is 2.36. The summed E-state index contributed by atoms with van der Waals surface area (Å²) < 4.78 is 4.82. The van der Waals surface area contributed by atoms with E-state index in [9.17, 15) is 9.59 Å². The second-order valence-electron chi connectivity index (χ2n) is 11.6. The zero-order valence-electron chi connectivity index (χ0n) is 25.1. The summed E-state index contributed by atoms with van der Waals surface area (Å²) in [4.78, 5) is 28.3. The van der Waals surface area contributed by atoms with Gasteiger partial charge in [0.2, 0.25) is 5.91 Å². The molecule has 44 heavy (non-hydrogen) atoms. The SMILES string of the molecule is COC(=O)c1ccc(-c2ccc(CC(=O)N(Cc3ccccc3)[C@@H]3c4ccccc4CC[C@H]3Cc3ccccc3)cc2)cc1. The summed E-state index contributed by atoms with van der Waals surface area (Å²) in [5, 5.41) is 0. The van der Waals surface area contributed by atoms with E-state index in [2.05, 4.69) is 71.6 Å². The molecule has 4 heteroatoms. The zero-order valence-corrected chi connectivity index (χ0v) is 25.1. The average Bonchev–Trinajstić information content (AvgIpc) is 3.08. The Bertz CT molecular complexity index is 1700. The number of rotatable bonds is 9. The summed E-state index contributed by atoms with van der Waals surface area (Å²) in [6.45, 7) is 0.564. The van der Waals surface area contributed by atoms with Crippen molar-refractivity contribution in [2.75, 3.05) is 7.11 Å². The highest BCUT2D eigenvalue weighted by molar-refractivity contribution is 5.90. The van der Waals surface area contributed by atoms with Gasteiger partial charge in [0.15, 0.2) is 0 Å². The largest absolute Gasteiger partial charge is 0.465 e. The van der Waals surface area contributed by atoms with Gasteiger partial charge in [0.1, 0.15) is 0 Å². The molecular formula is C40H37NO3. The number of fused-ring (bicyclic) bond motifs is 1. The van der Waals surface area contributed by atoms with Gasteiger partial charge in [-0.05, 0) is 76.3 Å². The van der Waals surface area contributed by atoms with Crippen molar-refractivity contribution in [2.24, 2.45) is 5.92 Å². The monoisotopic (exact) mass is 579 g/mol.